The monoisotopic (exact) mass is 267 g/mol. The summed E-state index contributed by atoms with van der Waals surface area (Å²) in [7, 11) is 0. The molecule has 0 radical (unpaired) electrons. The van der Waals surface area contributed by atoms with Crippen LogP contribution in [0.2, 0.25) is 0 Å². The number of nitrogens with one attached hydrogen (secondary N) is 3. The fourth-order valence-corrected chi connectivity index (χ4v) is 2.24. The van der Waals surface area contributed by atoms with Crippen LogP contribution < -0.4 is 5.32 Å². The average molecular weight is 267 g/mol. The molecule has 4 heteroatoms. The number of rotatable bonds is 2. The Bertz CT molecular complexity index is 789. The van der Waals surface area contributed by atoms with Gasteiger partial charge in [-0.3, -0.25) is 5.41 Å². The summed E-state index contributed by atoms with van der Waals surface area (Å²) in [4.78, 5) is 3.27. The number of fused-ring (bicyclic) bond motifs is 1. The fourth-order valence-electron chi connectivity index (χ4n) is 2.24. The van der Waals surface area contributed by atoms with E-state index in [2.05, 4.69) is 10.3 Å². The molecule has 100 valence electrons. The predicted molar refractivity (Wildman–Crippen MR) is 80.7 cm³/mol. The molecule has 0 aliphatic heterocycles. The van der Waals surface area contributed by atoms with Crippen molar-refractivity contribution >= 4 is 22.4 Å². The molecule has 1 aromatic heterocycles. The summed E-state index contributed by atoms with van der Waals surface area (Å²) in [6, 6.07) is 14.3. The van der Waals surface area contributed by atoms with Crippen molar-refractivity contribution in [1.82, 2.24) is 4.98 Å². The molecule has 0 aliphatic rings. The lowest BCUT2D eigenvalue weighted by molar-refractivity contribution is 0.628. The maximum atomic E-state index is 13.3. The molecule has 3 rings (SSSR count). The van der Waals surface area contributed by atoms with Crippen LogP contribution in [0.25, 0.3) is 22.2 Å². The second kappa shape index (κ2) is 4.81. The van der Waals surface area contributed by atoms with Gasteiger partial charge in [0, 0.05) is 27.8 Å². The van der Waals surface area contributed by atoms with Gasteiger partial charge in [-0.25, -0.2) is 4.39 Å². The van der Waals surface area contributed by atoms with Crippen LogP contribution in [0.5, 0.6) is 0 Å². The molecule has 0 fully saturated rings. The highest BCUT2D eigenvalue weighted by atomic mass is 19.1. The minimum absolute atomic E-state index is 0.247. The Morgan fingerprint density at radius 1 is 1.15 bits per heavy atom. The third-order valence-corrected chi connectivity index (χ3v) is 3.09. The van der Waals surface area contributed by atoms with E-state index in [1.807, 2.05) is 30.3 Å². The van der Waals surface area contributed by atoms with Crippen LogP contribution in [0, 0.1) is 11.2 Å². The third kappa shape index (κ3) is 2.40. The number of halogens is 1. The van der Waals surface area contributed by atoms with Gasteiger partial charge in [0.2, 0.25) is 0 Å². The maximum Gasteiger partial charge on any atom is 0.123 e. The molecule has 0 aliphatic carbocycles. The van der Waals surface area contributed by atoms with Crippen LogP contribution in [-0.4, -0.2) is 10.8 Å². The van der Waals surface area contributed by atoms with Gasteiger partial charge in [-0.2, -0.15) is 0 Å². The van der Waals surface area contributed by atoms with Crippen LogP contribution >= 0.6 is 0 Å². The van der Waals surface area contributed by atoms with Crippen LogP contribution in [0.15, 0.2) is 48.5 Å². The fraction of sp³-hybridized carbons (Fsp3) is 0.0625. The van der Waals surface area contributed by atoms with E-state index in [0.29, 0.717) is 5.84 Å². The Labute approximate surface area is 116 Å². The Morgan fingerprint density at radius 3 is 2.75 bits per heavy atom. The molecule has 3 nitrogen and oxygen atoms in total. The molecular formula is C16H14FN3. The molecule has 2 aromatic carbocycles. The number of aromatic nitrogens is 1. The SMILES string of the molecule is CC(=N)Nc1ccc2[nH]c(-c3cccc(F)c3)cc2c1. The van der Waals surface area contributed by atoms with Crippen molar-refractivity contribution in [2.75, 3.05) is 5.32 Å². The van der Waals surface area contributed by atoms with Gasteiger partial charge in [-0.1, -0.05) is 12.1 Å². The van der Waals surface area contributed by atoms with Crippen molar-refractivity contribution in [3.8, 4) is 11.3 Å². The molecule has 20 heavy (non-hydrogen) atoms. The lowest BCUT2D eigenvalue weighted by Crippen LogP contribution is -2.04. The number of benzene rings is 2. The minimum Gasteiger partial charge on any atom is -0.355 e. The normalized spacial score (nSPS) is 10.7. The lowest BCUT2D eigenvalue weighted by atomic mass is 10.1. The second-order valence-corrected chi connectivity index (χ2v) is 4.75. The first kappa shape index (κ1) is 12.4. The van der Waals surface area contributed by atoms with Gasteiger partial charge in [0.1, 0.15) is 5.82 Å². The second-order valence-electron chi connectivity index (χ2n) is 4.75. The summed E-state index contributed by atoms with van der Waals surface area (Å²) < 4.78 is 13.3. The third-order valence-electron chi connectivity index (χ3n) is 3.09. The zero-order chi connectivity index (χ0) is 14.1. The number of hydrogen-bond donors (Lipinski definition) is 3. The largest absolute Gasteiger partial charge is 0.355 e. The Balaban J connectivity index is 2.04. The van der Waals surface area contributed by atoms with Crippen LogP contribution in [0.1, 0.15) is 6.92 Å². The van der Waals surface area contributed by atoms with Crippen LogP contribution in [0.4, 0.5) is 10.1 Å². The Kier molecular flexibility index (Phi) is 2.99. The van der Waals surface area contributed by atoms with Crippen molar-refractivity contribution in [2.24, 2.45) is 0 Å². The molecule has 0 saturated carbocycles. The molecule has 0 saturated heterocycles. The van der Waals surface area contributed by atoms with Crippen molar-refractivity contribution in [3.63, 3.8) is 0 Å². The van der Waals surface area contributed by atoms with E-state index in [1.54, 1.807) is 13.0 Å². The van der Waals surface area contributed by atoms with Crippen LogP contribution in [0.3, 0.4) is 0 Å². The highest BCUT2D eigenvalue weighted by molar-refractivity contribution is 5.95. The molecule has 0 spiro atoms. The topological polar surface area (TPSA) is 51.7 Å². The first-order valence-corrected chi connectivity index (χ1v) is 6.33. The highest BCUT2D eigenvalue weighted by Crippen LogP contribution is 2.26. The van der Waals surface area contributed by atoms with Crippen molar-refractivity contribution in [1.29, 1.82) is 5.41 Å². The lowest BCUT2D eigenvalue weighted by Gasteiger charge is -2.02. The van der Waals surface area contributed by atoms with Crippen LogP contribution in [-0.2, 0) is 0 Å². The predicted octanol–water partition coefficient (Wildman–Crippen LogP) is 4.38. The zero-order valence-corrected chi connectivity index (χ0v) is 11.0. The number of amidine groups is 1. The highest BCUT2D eigenvalue weighted by Gasteiger charge is 2.05. The minimum atomic E-state index is -0.247. The Morgan fingerprint density at radius 2 is 2.00 bits per heavy atom. The van der Waals surface area contributed by atoms with Gasteiger partial charge in [-0.05, 0) is 43.3 Å². The summed E-state index contributed by atoms with van der Waals surface area (Å²) >= 11 is 0. The Hall–Kier alpha value is -2.62. The molecule has 0 bridgehead atoms. The summed E-state index contributed by atoms with van der Waals surface area (Å²) in [5.74, 6) is 0.146. The molecule has 0 unspecified atom stereocenters. The standard InChI is InChI=1S/C16H14FN3/c1-10(18)19-14-5-6-15-12(8-14)9-16(20-15)11-3-2-4-13(17)7-11/h2-9,20H,1H3,(H2,18,19). The molecule has 1 heterocycles. The van der Waals surface area contributed by atoms with Gasteiger partial charge >= 0.3 is 0 Å². The summed E-state index contributed by atoms with van der Waals surface area (Å²) in [5.41, 5.74) is 3.55. The molecular weight excluding hydrogens is 253 g/mol. The van der Waals surface area contributed by atoms with E-state index >= 15 is 0 Å². The van der Waals surface area contributed by atoms with E-state index in [-0.39, 0.29) is 5.82 Å². The first-order chi connectivity index (χ1) is 9.61. The van der Waals surface area contributed by atoms with E-state index in [1.165, 1.54) is 12.1 Å². The van der Waals surface area contributed by atoms with Gasteiger partial charge < -0.3 is 10.3 Å². The summed E-state index contributed by atoms with van der Waals surface area (Å²) in [6.45, 7) is 1.69. The van der Waals surface area contributed by atoms with Gasteiger partial charge in [0.25, 0.3) is 0 Å². The first-order valence-electron chi connectivity index (χ1n) is 6.33. The smallest absolute Gasteiger partial charge is 0.123 e. The molecule has 0 atom stereocenters. The molecule has 3 aromatic rings. The quantitative estimate of drug-likeness (QED) is 0.468. The number of aromatic amines is 1. The zero-order valence-electron chi connectivity index (χ0n) is 11.0. The van der Waals surface area contributed by atoms with Gasteiger partial charge in [0.15, 0.2) is 0 Å². The summed E-state index contributed by atoms with van der Waals surface area (Å²) in [5, 5.41) is 11.4. The van der Waals surface area contributed by atoms with E-state index in [9.17, 15) is 4.39 Å². The van der Waals surface area contributed by atoms with Crippen molar-refractivity contribution < 1.29 is 4.39 Å². The average Bonchev–Trinajstić information content (AvgIpc) is 2.81. The maximum absolute atomic E-state index is 13.3. The van der Waals surface area contributed by atoms with E-state index in [4.69, 9.17) is 5.41 Å². The van der Waals surface area contributed by atoms with Gasteiger partial charge in [-0.15, -0.1) is 0 Å². The van der Waals surface area contributed by atoms with E-state index in [0.717, 1.165) is 27.8 Å². The molecule has 3 N–H and O–H groups in total. The number of hydrogen-bond acceptors (Lipinski definition) is 1. The number of H-pyrrole nitrogens is 1. The summed E-state index contributed by atoms with van der Waals surface area (Å²) in [6.07, 6.45) is 0. The van der Waals surface area contributed by atoms with Crippen molar-refractivity contribution in [2.45, 2.75) is 6.92 Å². The molecule has 0 amide bonds. The number of anilines is 1. The van der Waals surface area contributed by atoms with Gasteiger partial charge in [0.05, 0.1) is 5.84 Å². The van der Waals surface area contributed by atoms with E-state index < -0.39 is 0 Å². The van der Waals surface area contributed by atoms with Crippen molar-refractivity contribution in [3.05, 3.63) is 54.3 Å².